The van der Waals surface area contributed by atoms with Crippen molar-refractivity contribution in [3.8, 4) is 0 Å². The molecule has 1 aromatic carbocycles. The fourth-order valence-corrected chi connectivity index (χ4v) is 2.89. The van der Waals surface area contributed by atoms with E-state index in [0.29, 0.717) is 11.1 Å². The average Bonchev–Trinajstić information content (AvgIpc) is 2.67. The van der Waals surface area contributed by atoms with Crippen molar-refractivity contribution >= 4 is 16.8 Å². The minimum Gasteiger partial charge on any atom is -0.450 e. The summed E-state index contributed by atoms with van der Waals surface area (Å²) in [4.78, 5) is 12.4. The van der Waals surface area contributed by atoms with Crippen LogP contribution in [-0.2, 0) is 0 Å². The summed E-state index contributed by atoms with van der Waals surface area (Å²) in [5, 5.41) is 0.664. The first-order valence-corrected chi connectivity index (χ1v) is 6.98. The number of ketones is 1. The van der Waals surface area contributed by atoms with E-state index in [-0.39, 0.29) is 17.3 Å². The van der Waals surface area contributed by atoms with Crippen LogP contribution in [0.25, 0.3) is 11.0 Å². The third-order valence-electron chi connectivity index (χ3n) is 3.96. The van der Waals surface area contributed by atoms with Gasteiger partial charge in [-0.25, -0.2) is 4.39 Å². The Labute approximate surface area is 111 Å². The normalized spacial score (nSPS) is 17.5. The second kappa shape index (κ2) is 5.16. The number of benzene rings is 1. The Balaban J connectivity index is 1.90. The van der Waals surface area contributed by atoms with Crippen molar-refractivity contribution in [3.05, 3.63) is 35.8 Å². The molecule has 3 rings (SSSR count). The highest BCUT2D eigenvalue weighted by atomic mass is 19.1. The lowest BCUT2D eigenvalue weighted by Gasteiger charge is -2.09. The Bertz CT molecular complexity index is 592. The number of carbonyl (C=O) groups excluding carboxylic acids is 1. The second-order valence-electron chi connectivity index (χ2n) is 5.32. The van der Waals surface area contributed by atoms with Gasteiger partial charge in [-0.15, -0.1) is 0 Å². The number of fused-ring (bicyclic) bond motifs is 1. The molecule has 1 fully saturated rings. The predicted octanol–water partition coefficient (Wildman–Crippen LogP) is 4.73. The highest BCUT2D eigenvalue weighted by Gasteiger charge is 2.24. The first-order valence-electron chi connectivity index (χ1n) is 6.98. The van der Waals surface area contributed by atoms with Crippen LogP contribution in [0.3, 0.4) is 0 Å². The van der Waals surface area contributed by atoms with Gasteiger partial charge in [-0.2, -0.15) is 0 Å². The Morgan fingerprint density at radius 2 is 1.89 bits per heavy atom. The zero-order chi connectivity index (χ0) is 13.2. The molecule has 2 aromatic rings. The number of hydrogen-bond acceptors (Lipinski definition) is 2. The van der Waals surface area contributed by atoms with Gasteiger partial charge in [0.15, 0.2) is 17.2 Å². The molecule has 1 aliphatic carbocycles. The molecule has 3 heteroatoms. The molecule has 0 bridgehead atoms. The highest BCUT2D eigenvalue weighted by molar-refractivity contribution is 5.99. The standard InChI is InChI=1S/C16H17FO2/c17-13-9-5-8-12-10-14(19-16(12)13)15(18)11-6-3-1-2-4-7-11/h5,8-11H,1-4,6-7H2. The summed E-state index contributed by atoms with van der Waals surface area (Å²) < 4.78 is 19.0. The second-order valence-corrected chi connectivity index (χ2v) is 5.32. The van der Waals surface area contributed by atoms with E-state index in [1.54, 1.807) is 18.2 Å². The van der Waals surface area contributed by atoms with Gasteiger partial charge in [-0.05, 0) is 25.0 Å². The van der Waals surface area contributed by atoms with Crippen molar-refractivity contribution in [3.63, 3.8) is 0 Å². The predicted molar refractivity (Wildman–Crippen MR) is 71.7 cm³/mol. The van der Waals surface area contributed by atoms with Gasteiger partial charge < -0.3 is 4.42 Å². The molecule has 19 heavy (non-hydrogen) atoms. The van der Waals surface area contributed by atoms with Crippen LogP contribution in [0.5, 0.6) is 0 Å². The summed E-state index contributed by atoms with van der Waals surface area (Å²) in [6.07, 6.45) is 6.48. The average molecular weight is 260 g/mol. The van der Waals surface area contributed by atoms with Crippen LogP contribution in [0.15, 0.2) is 28.7 Å². The lowest BCUT2D eigenvalue weighted by Crippen LogP contribution is -2.13. The smallest absolute Gasteiger partial charge is 0.201 e. The first-order chi connectivity index (χ1) is 9.25. The zero-order valence-electron chi connectivity index (χ0n) is 10.8. The van der Waals surface area contributed by atoms with Gasteiger partial charge in [0.05, 0.1) is 0 Å². The lowest BCUT2D eigenvalue weighted by atomic mass is 9.94. The Hall–Kier alpha value is -1.64. The summed E-state index contributed by atoms with van der Waals surface area (Å²) in [6.45, 7) is 0. The van der Waals surface area contributed by atoms with Gasteiger partial charge >= 0.3 is 0 Å². The minimum atomic E-state index is -0.405. The Kier molecular flexibility index (Phi) is 3.36. The fourth-order valence-electron chi connectivity index (χ4n) is 2.89. The Morgan fingerprint density at radius 1 is 1.16 bits per heavy atom. The topological polar surface area (TPSA) is 30.2 Å². The van der Waals surface area contributed by atoms with Crippen LogP contribution in [0.1, 0.15) is 49.1 Å². The van der Waals surface area contributed by atoms with Gasteiger partial charge in [-0.3, -0.25) is 4.79 Å². The summed E-state index contributed by atoms with van der Waals surface area (Å²) in [5.41, 5.74) is 0.194. The van der Waals surface area contributed by atoms with Gasteiger partial charge in [0.1, 0.15) is 0 Å². The van der Waals surface area contributed by atoms with Crippen molar-refractivity contribution in [1.82, 2.24) is 0 Å². The maximum absolute atomic E-state index is 13.6. The number of hydrogen-bond donors (Lipinski definition) is 0. The fraction of sp³-hybridized carbons (Fsp3) is 0.438. The largest absolute Gasteiger partial charge is 0.450 e. The van der Waals surface area contributed by atoms with Crippen LogP contribution in [-0.4, -0.2) is 5.78 Å². The van der Waals surface area contributed by atoms with Crippen molar-refractivity contribution < 1.29 is 13.6 Å². The van der Waals surface area contributed by atoms with E-state index in [9.17, 15) is 9.18 Å². The van der Waals surface area contributed by atoms with Crippen LogP contribution in [0, 0.1) is 11.7 Å². The maximum atomic E-state index is 13.6. The van der Waals surface area contributed by atoms with Crippen LogP contribution in [0.4, 0.5) is 4.39 Å². The lowest BCUT2D eigenvalue weighted by molar-refractivity contribution is 0.0881. The highest BCUT2D eigenvalue weighted by Crippen LogP contribution is 2.29. The van der Waals surface area contributed by atoms with E-state index in [4.69, 9.17) is 4.42 Å². The summed E-state index contributed by atoms with van der Waals surface area (Å²) in [6, 6.07) is 6.43. The summed E-state index contributed by atoms with van der Waals surface area (Å²) in [5.74, 6) is -0.00644. The van der Waals surface area contributed by atoms with E-state index in [2.05, 4.69) is 0 Å². The van der Waals surface area contributed by atoms with E-state index < -0.39 is 5.82 Å². The Morgan fingerprint density at radius 3 is 2.58 bits per heavy atom. The molecule has 0 saturated heterocycles. The molecule has 0 radical (unpaired) electrons. The third-order valence-corrected chi connectivity index (χ3v) is 3.96. The van der Waals surface area contributed by atoms with E-state index >= 15 is 0 Å². The summed E-state index contributed by atoms with van der Waals surface area (Å²) in [7, 11) is 0. The molecule has 2 nitrogen and oxygen atoms in total. The first kappa shape index (κ1) is 12.4. The van der Waals surface area contributed by atoms with E-state index in [1.807, 2.05) is 0 Å². The number of para-hydroxylation sites is 1. The van der Waals surface area contributed by atoms with Gasteiger partial charge in [0.2, 0.25) is 5.78 Å². The number of carbonyl (C=O) groups is 1. The van der Waals surface area contributed by atoms with Crippen LogP contribution >= 0.6 is 0 Å². The maximum Gasteiger partial charge on any atom is 0.201 e. The third kappa shape index (κ3) is 2.42. The quantitative estimate of drug-likeness (QED) is 0.577. The monoisotopic (exact) mass is 260 g/mol. The molecule has 0 spiro atoms. The summed E-state index contributed by atoms with van der Waals surface area (Å²) >= 11 is 0. The molecule has 0 aliphatic heterocycles. The SMILES string of the molecule is O=C(c1cc2cccc(F)c2o1)C1CCCCCC1. The van der Waals surface area contributed by atoms with Gasteiger partial charge in [0.25, 0.3) is 0 Å². The van der Waals surface area contributed by atoms with Crippen LogP contribution < -0.4 is 0 Å². The number of Topliss-reactive ketones (excluding diaryl/α,β-unsaturated/α-hetero) is 1. The van der Waals surface area contributed by atoms with Gasteiger partial charge in [0, 0.05) is 11.3 Å². The van der Waals surface area contributed by atoms with Crippen molar-refractivity contribution in [2.24, 2.45) is 5.92 Å². The molecule has 1 saturated carbocycles. The molecule has 0 N–H and O–H groups in total. The molecular weight excluding hydrogens is 243 g/mol. The minimum absolute atomic E-state index is 0.0394. The number of furan rings is 1. The molecule has 0 amide bonds. The molecule has 1 aliphatic rings. The number of halogens is 1. The van der Waals surface area contributed by atoms with E-state index in [1.165, 1.54) is 18.9 Å². The molecule has 0 unspecified atom stereocenters. The van der Waals surface area contributed by atoms with Crippen molar-refractivity contribution in [2.75, 3.05) is 0 Å². The van der Waals surface area contributed by atoms with Crippen LogP contribution in [0.2, 0.25) is 0 Å². The van der Waals surface area contributed by atoms with Gasteiger partial charge in [-0.1, -0.05) is 37.8 Å². The molecule has 100 valence electrons. The van der Waals surface area contributed by atoms with Crippen molar-refractivity contribution in [2.45, 2.75) is 38.5 Å². The zero-order valence-corrected chi connectivity index (χ0v) is 10.8. The number of rotatable bonds is 2. The van der Waals surface area contributed by atoms with Crippen molar-refractivity contribution in [1.29, 1.82) is 0 Å². The van der Waals surface area contributed by atoms with E-state index in [0.717, 1.165) is 25.7 Å². The molecular formula is C16H17FO2. The molecule has 1 aromatic heterocycles. The molecule has 0 atom stereocenters. The molecule has 1 heterocycles.